The van der Waals surface area contributed by atoms with Crippen LogP contribution in [0.3, 0.4) is 0 Å². The summed E-state index contributed by atoms with van der Waals surface area (Å²) in [4.78, 5) is 22.6. The average molecular weight is 244 g/mol. The van der Waals surface area contributed by atoms with Crippen LogP contribution in [-0.4, -0.2) is 36.9 Å². The Balaban J connectivity index is 2.48. The Bertz CT molecular complexity index is 291. The molecule has 0 aromatic heterocycles. The molecule has 1 unspecified atom stereocenters. The Morgan fingerprint density at radius 3 is 2.94 bits per heavy atom. The van der Waals surface area contributed by atoms with Gasteiger partial charge in [-0.15, -0.1) is 0 Å². The van der Waals surface area contributed by atoms with E-state index in [0.29, 0.717) is 32.4 Å². The fourth-order valence-corrected chi connectivity index (χ4v) is 1.68. The van der Waals surface area contributed by atoms with Crippen molar-refractivity contribution in [2.45, 2.75) is 44.8 Å². The van der Waals surface area contributed by atoms with Crippen molar-refractivity contribution in [1.29, 1.82) is 0 Å². The number of nitrogens with one attached hydrogen (secondary N) is 1. The number of amides is 1. The van der Waals surface area contributed by atoms with Crippen molar-refractivity contribution in [3.63, 3.8) is 0 Å². The third-order valence-corrected chi connectivity index (χ3v) is 2.66. The summed E-state index contributed by atoms with van der Waals surface area (Å²) in [5.41, 5.74) is 4.51. The highest BCUT2D eigenvalue weighted by Gasteiger charge is 2.38. The van der Waals surface area contributed by atoms with Gasteiger partial charge in [0.25, 0.3) is 0 Å². The van der Waals surface area contributed by atoms with E-state index in [-0.39, 0.29) is 5.97 Å². The Hall–Kier alpha value is -1.30. The summed E-state index contributed by atoms with van der Waals surface area (Å²) in [6.07, 6.45) is 0.647. The average Bonchev–Trinajstić information content (AvgIpc) is 2.26. The quantitative estimate of drug-likeness (QED) is 0.689. The second-order valence-electron chi connectivity index (χ2n) is 4.58. The van der Waals surface area contributed by atoms with Crippen LogP contribution in [0.1, 0.15) is 33.1 Å². The molecule has 98 valence electrons. The minimum absolute atomic E-state index is 0.291. The Morgan fingerprint density at radius 1 is 1.65 bits per heavy atom. The first-order valence-electron chi connectivity index (χ1n) is 5.82. The van der Waals surface area contributed by atoms with Crippen molar-refractivity contribution in [3.8, 4) is 0 Å². The van der Waals surface area contributed by atoms with E-state index >= 15 is 0 Å². The number of esters is 1. The van der Waals surface area contributed by atoms with Gasteiger partial charge in [0, 0.05) is 19.4 Å². The van der Waals surface area contributed by atoms with E-state index in [0.717, 1.165) is 0 Å². The molecule has 6 nitrogen and oxygen atoms in total. The fourth-order valence-electron chi connectivity index (χ4n) is 1.68. The van der Waals surface area contributed by atoms with Gasteiger partial charge in [-0.3, -0.25) is 4.79 Å². The van der Waals surface area contributed by atoms with Crippen molar-refractivity contribution < 1.29 is 19.1 Å². The number of carbonyl (C=O) groups excluding carboxylic acids is 2. The molecule has 1 rings (SSSR count). The number of rotatable bonds is 5. The molecular weight excluding hydrogens is 224 g/mol. The minimum atomic E-state index is -0.802. The highest BCUT2D eigenvalue weighted by molar-refractivity contribution is 5.70. The number of hydrogen-bond donors (Lipinski definition) is 2. The Labute approximate surface area is 101 Å². The van der Waals surface area contributed by atoms with Crippen LogP contribution in [0.5, 0.6) is 0 Å². The van der Waals surface area contributed by atoms with Gasteiger partial charge < -0.3 is 20.5 Å². The van der Waals surface area contributed by atoms with Crippen LogP contribution >= 0.6 is 0 Å². The van der Waals surface area contributed by atoms with Crippen LogP contribution in [0.15, 0.2) is 0 Å². The third kappa shape index (κ3) is 4.22. The summed E-state index contributed by atoms with van der Waals surface area (Å²) >= 11 is 0. The van der Waals surface area contributed by atoms with E-state index in [9.17, 15) is 9.59 Å². The number of cyclic esters (lactones) is 1. The Morgan fingerprint density at radius 2 is 2.35 bits per heavy atom. The highest BCUT2D eigenvalue weighted by Crippen LogP contribution is 2.23. The maximum atomic E-state index is 11.5. The van der Waals surface area contributed by atoms with Crippen molar-refractivity contribution >= 4 is 12.1 Å². The van der Waals surface area contributed by atoms with E-state index in [2.05, 4.69) is 5.32 Å². The van der Waals surface area contributed by atoms with Gasteiger partial charge in [0.2, 0.25) is 0 Å². The zero-order valence-electron chi connectivity index (χ0n) is 10.3. The first-order chi connectivity index (χ1) is 7.95. The lowest BCUT2D eigenvalue weighted by Gasteiger charge is -2.35. The molecule has 3 N–H and O–H groups in total. The van der Waals surface area contributed by atoms with Gasteiger partial charge in [-0.05, 0) is 26.8 Å². The predicted octanol–water partition coefficient (Wildman–Crippen LogP) is 0.546. The minimum Gasteiger partial charge on any atom is -0.456 e. The lowest BCUT2D eigenvalue weighted by Crippen LogP contribution is -2.50. The summed E-state index contributed by atoms with van der Waals surface area (Å²) in [5.74, 6) is -0.310. The standard InChI is InChI=1S/C11H20N2O4/c1-11(2,17-9(14)4-3-6-12)8-5-7-13-10(15)16-8/h8H,3-7,12H2,1-2H3,(H,13,15). The molecule has 0 saturated carbocycles. The SMILES string of the molecule is CC(C)(OC(=O)CCCN)C1CCNC(=O)O1. The lowest BCUT2D eigenvalue weighted by atomic mass is 9.97. The zero-order chi connectivity index (χ0) is 12.9. The van der Waals surface area contributed by atoms with Crippen LogP contribution in [0.2, 0.25) is 0 Å². The summed E-state index contributed by atoms with van der Waals surface area (Å²) in [7, 11) is 0. The van der Waals surface area contributed by atoms with E-state index < -0.39 is 17.8 Å². The van der Waals surface area contributed by atoms with Crippen LogP contribution in [0.4, 0.5) is 4.79 Å². The van der Waals surface area contributed by atoms with Gasteiger partial charge in [0.05, 0.1) is 0 Å². The number of nitrogens with two attached hydrogens (primary N) is 1. The summed E-state index contributed by atoms with van der Waals surface area (Å²) < 4.78 is 10.4. The number of ether oxygens (including phenoxy) is 2. The molecule has 1 aliphatic heterocycles. The smallest absolute Gasteiger partial charge is 0.407 e. The molecule has 17 heavy (non-hydrogen) atoms. The molecule has 0 bridgehead atoms. The maximum absolute atomic E-state index is 11.5. The second-order valence-corrected chi connectivity index (χ2v) is 4.58. The number of carbonyl (C=O) groups is 2. The molecule has 1 heterocycles. The monoisotopic (exact) mass is 244 g/mol. The fraction of sp³-hybridized carbons (Fsp3) is 0.818. The van der Waals surface area contributed by atoms with Gasteiger partial charge in [-0.1, -0.05) is 0 Å². The van der Waals surface area contributed by atoms with Crippen LogP contribution < -0.4 is 11.1 Å². The summed E-state index contributed by atoms with van der Waals surface area (Å²) in [5, 5.41) is 2.55. The predicted molar refractivity (Wildman–Crippen MR) is 61.3 cm³/mol. The maximum Gasteiger partial charge on any atom is 0.407 e. The molecule has 6 heteroatoms. The number of hydrogen-bond acceptors (Lipinski definition) is 5. The van der Waals surface area contributed by atoms with E-state index in [1.54, 1.807) is 13.8 Å². The molecule has 0 aromatic rings. The largest absolute Gasteiger partial charge is 0.456 e. The molecule has 1 aliphatic rings. The zero-order valence-corrected chi connectivity index (χ0v) is 10.3. The van der Waals surface area contributed by atoms with Crippen molar-refractivity contribution in [2.75, 3.05) is 13.1 Å². The van der Waals surface area contributed by atoms with Crippen LogP contribution in [0, 0.1) is 0 Å². The van der Waals surface area contributed by atoms with E-state index in [4.69, 9.17) is 15.2 Å². The molecule has 0 aliphatic carbocycles. The van der Waals surface area contributed by atoms with Crippen molar-refractivity contribution in [3.05, 3.63) is 0 Å². The normalized spacial score (nSPS) is 20.4. The van der Waals surface area contributed by atoms with E-state index in [1.165, 1.54) is 0 Å². The van der Waals surface area contributed by atoms with Crippen molar-refractivity contribution in [2.24, 2.45) is 5.73 Å². The molecule has 0 spiro atoms. The first-order valence-corrected chi connectivity index (χ1v) is 5.82. The second kappa shape index (κ2) is 5.86. The third-order valence-electron chi connectivity index (χ3n) is 2.66. The van der Waals surface area contributed by atoms with Gasteiger partial charge >= 0.3 is 12.1 Å². The van der Waals surface area contributed by atoms with Gasteiger partial charge in [-0.25, -0.2) is 4.79 Å². The topological polar surface area (TPSA) is 90.6 Å². The first kappa shape index (κ1) is 13.8. The van der Waals surface area contributed by atoms with Gasteiger partial charge in [0.1, 0.15) is 11.7 Å². The van der Waals surface area contributed by atoms with Gasteiger partial charge in [0.15, 0.2) is 0 Å². The molecule has 1 atom stereocenters. The lowest BCUT2D eigenvalue weighted by molar-refractivity contribution is -0.169. The molecule has 0 radical (unpaired) electrons. The van der Waals surface area contributed by atoms with Crippen LogP contribution in [-0.2, 0) is 14.3 Å². The summed E-state index contributed by atoms with van der Waals surface area (Å²) in [6.45, 7) is 4.48. The number of alkyl carbamates (subject to hydrolysis) is 1. The molecule has 1 saturated heterocycles. The summed E-state index contributed by atoms with van der Waals surface area (Å²) in [6, 6.07) is 0. The molecule has 1 amide bonds. The highest BCUT2D eigenvalue weighted by atomic mass is 16.6. The molecular formula is C11H20N2O4. The van der Waals surface area contributed by atoms with Crippen molar-refractivity contribution in [1.82, 2.24) is 5.32 Å². The molecule has 0 aromatic carbocycles. The van der Waals surface area contributed by atoms with E-state index in [1.807, 2.05) is 0 Å². The Kier molecular flexibility index (Phi) is 4.74. The van der Waals surface area contributed by atoms with Crippen LogP contribution in [0.25, 0.3) is 0 Å². The molecule has 1 fully saturated rings. The van der Waals surface area contributed by atoms with Gasteiger partial charge in [-0.2, -0.15) is 0 Å².